The molecule has 1 saturated heterocycles. The van der Waals surface area contributed by atoms with Gasteiger partial charge in [0.2, 0.25) is 0 Å². The summed E-state index contributed by atoms with van der Waals surface area (Å²) in [6.07, 6.45) is 4.56. The topological polar surface area (TPSA) is 41.4 Å². The Morgan fingerprint density at radius 3 is 2.76 bits per heavy atom. The Morgan fingerprint density at radius 1 is 1.35 bits per heavy atom. The van der Waals surface area contributed by atoms with Crippen molar-refractivity contribution in [2.75, 3.05) is 33.7 Å². The molecule has 1 atom stereocenters. The zero-order valence-electron chi connectivity index (χ0n) is 10.8. The van der Waals surface area contributed by atoms with E-state index in [0.717, 1.165) is 26.1 Å². The van der Waals surface area contributed by atoms with Crippen LogP contribution in [-0.4, -0.2) is 65.1 Å². The van der Waals surface area contributed by atoms with Gasteiger partial charge in [0.05, 0.1) is 17.8 Å². The second-order valence-corrected chi connectivity index (χ2v) is 4.88. The van der Waals surface area contributed by atoms with Gasteiger partial charge in [0.25, 0.3) is 0 Å². The summed E-state index contributed by atoms with van der Waals surface area (Å²) in [6.45, 7) is 2.83. The third-order valence-electron chi connectivity index (χ3n) is 3.36. The van der Waals surface area contributed by atoms with Crippen LogP contribution in [0, 0.1) is 0 Å². The van der Waals surface area contributed by atoms with Crippen LogP contribution in [0.1, 0.15) is 16.8 Å². The predicted octanol–water partition coefficient (Wildman–Crippen LogP) is 0.239. The van der Waals surface area contributed by atoms with Crippen molar-refractivity contribution in [2.45, 2.75) is 12.5 Å². The summed E-state index contributed by atoms with van der Waals surface area (Å²) in [5, 5.41) is 4.06. The van der Waals surface area contributed by atoms with Crippen LogP contribution in [0.4, 0.5) is 0 Å². The molecule has 0 N–H and O–H groups in total. The van der Waals surface area contributed by atoms with Crippen molar-refractivity contribution in [3.8, 4) is 0 Å². The molecule has 0 spiro atoms. The molecule has 0 aromatic carbocycles. The number of carbonyl (C=O) groups is 1. The van der Waals surface area contributed by atoms with Crippen molar-refractivity contribution in [2.24, 2.45) is 7.05 Å². The van der Waals surface area contributed by atoms with E-state index in [2.05, 4.69) is 21.9 Å². The first kappa shape index (κ1) is 12.3. The zero-order valence-corrected chi connectivity index (χ0v) is 10.8. The SMILES string of the molecule is CN1CCCN(C)C(C(=O)c2cnn(C)c2)C1. The highest BCUT2D eigenvalue weighted by Crippen LogP contribution is 2.12. The number of carbonyl (C=O) groups excluding carboxylic acids is 1. The van der Waals surface area contributed by atoms with Gasteiger partial charge in [-0.1, -0.05) is 0 Å². The summed E-state index contributed by atoms with van der Waals surface area (Å²) in [4.78, 5) is 16.8. The quantitative estimate of drug-likeness (QED) is 0.690. The van der Waals surface area contributed by atoms with Gasteiger partial charge < -0.3 is 4.90 Å². The summed E-state index contributed by atoms with van der Waals surface area (Å²) in [7, 11) is 5.93. The fourth-order valence-electron chi connectivity index (χ4n) is 2.30. The lowest BCUT2D eigenvalue weighted by atomic mass is 10.1. The van der Waals surface area contributed by atoms with E-state index in [4.69, 9.17) is 0 Å². The first-order valence-corrected chi connectivity index (χ1v) is 5.99. The fourth-order valence-corrected chi connectivity index (χ4v) is 2.30. The molecule has 0 radical (unpaired) electrons. The lowest BCUT2D eigenvalue weighted by Crippen LogP contribution is -2.43. The summed E-state index contributed by atoms with van der Waals surface area (Å²) in [5.41, 5.74) is 0.708. The Hall–Kier alpha value is -1.20. The number of hydrogen-bond donors (Lipinski definition) is 0. The molecule has 0 bridgehead atoms. The van der Waals surface area contributed by atoms with Crippen LogP contribution in [-0.2, 0) is 7.05 Å². The smallest absolute Gasteiger partial charge is 0.184 e. The normalized spacial score (nSPS) is 23.6. The summed E-state index contributed by atoms with van der Waals surface area (Å²) < 4.78 is 1.67. The molecular formula is C12H20N4O. The van der Waals surface area contributed by atoms with Crippen LogP contribution < -0.4 is 0 Å². The summed E-state index contributed by atoms with van der Waals surface area (Å²) in [5.74, 6) is 0.175. The number of Topliss-reactive ketones (excluding diaryl/α,β-unsaturated/α-hetero) is 1. The van der Waals surface area contributed by atoms with Gasteiger partial charge in [-0.3, -0.25) is 14.4 Å². The Kier molecular flexibility index (Phi) is 3.59. The first-order valence-electron chi connectivity index (χ1n) is 5.99. The van der Waals surface area contributed by atoms with E-state index in [1.54, 1.807) is 17.1 Å². The number of aromatic nitrogens is 2. The van der Waals surface area contributed by atoms with E-state index in [0.29, 0.717) is 5.56 Å². The molecule has 0 aliphatic carbocycles. The van der Waals surface area contributed by atoms with Crippen LogP contribution in [0.3, 0.4) is 0 Å². The molecule has 1 aliphatic heterocycles. The maximum absolute atomic E-state index is 12.4. The molecule has 5 nitrogen and oxygen atoms in total. The van der Waals surface area contributed by atoms with Gasteiger partial charge in [0.15, 0.2) is 5.78 Å². The third-order valence-corrected chi connectivity index (χ3v) is 3.36. The summed E-state index contributed by atoms with van der Waals surface area (Å²) in [6, 6.07) is -0.0494. The lowest BCUT2D eigenvalue weighted by Gasteiger charge is -2.25. The highest BCUT2D eigenvalue weighted by atomic mass is 16.1. The van der Waals surface area contributed by atoms with Gasteiger partial charge in [-0.2, -0.15) is 5.10 Å². The number of hydrogen-bond acceptors (Lipinski definition) is 4. The Labute approximate surface area is 102 Å². The molecule has 1 aromatic rings. The van der Waals surface area contributed by atoms with Gasteiger partial charge in [-0.05, 0) is 33.6 Å². The number of ketones is 1. The van der Waals surface area contributed by atoms with Crippen molar-refractivity contribution in [3.05, 3.63) is 18.0 Å². The molecular weight excluding hydrogens is 216 g/mol. The fraction of sp³-hybridized carbons (Fsp3) is 0.667. The average Bonchev–Trinajstić information content (AvgIpc) is 2.64. The van der Waals surface area contributed by atoms with Crippen LogP contribution in [0.2, 0.25) is 0 Å². The van der Waals surface area contributed by atoms with E-state index in [-0.39, 0.29) is 11.8 Å². The molecule has 2 heterocycles. The Balaban J connectivity index is 2.16. The molecule has 1 fully saturated rings. The average molecular weight is 236 g/mol. The van der Waals surface area contributed by atoms with E-state index < -0.39 is 0 Å². The lowest BCUT2D eigenvalue weighted by molar-refractivity contribution is 0.0839. The van der Waals surface area contributed by atoms with E-state index >= 15 is 0 Å². The minimum absolute atomic E-state index is 0.0494. The number of likely N-dealkylation sites (N-methyl/N-ethyl adjacent to an activating group) is 2. The predicted molar refractivity (Wildman–Crippen MR) is 66.1 cm³/mol. The van der Waals surface area contributed by atoms with Gasteiger partial charge in [0, 0.05) is 19.8 Å². The molecule has 94 valence electrons. The zero-order chi connectivity index (χ0) is 12.4. The van der Waals surface area contributed by atoms with Crippen molar-refractivity contribution in [1.82, 2.24) is 19.6 Å². The molecule has 17 heavy (non-hydrogen) atoms. The number of rotatable bonds is 2. The molecule has 1 aromatic heterocycles. The van der Waals surface area contributed by atoms with Crippen molar-refractivity contribution < 1.29 is 4.79 Å². The molecule has 0 amide bonds. The van der Waals surface area contributed by atoms with Crippen LogP contribution in [0.5, 0.6) is 0 Å². The third kappa shape index (κ3) is 2.73. The van der Waals surface area contributed by atoms with E-state index in [1.807, 2.05) is 14.1 Å². The van der Waals surface area contributed by atoms with Crippen LogP contribution >= 0.6 is 0 Å². The second-order valence-electron chi connectivity index (χ2n) is 4.88. The number of aryl methyl sites for hydroxylation is 1. The van der Waals surface area contributed by atoms with E-state index in [1.165, 1.54) is 0 Å². The highest BCUT2D eigenvalue weighted by molar-refractivity contribution is 5.99. The first-order chi connectivity index (χ1) is 8.08. The minimum Gasteiger partial charge on any atom is -0.304 e. The van der Waals surface area contributed by atoms with Gasteiger partial charge in [0.1, 0.15) is 0 Å². The highest BCUT2D eigenvalue weighted by Gasteiger charge is 2.28. The van der Waals surface area contributed by atoms with Crippen LogP contribution in [0.25, 0.3) is 0 Å². The monoisotopic (exact) mass is 236 g/mol. The maximum atomic E-state index is 12.4. The molecule has 0 saturated carbocycles. The molecule has 2 rings (SSSR count). The maximum Gasteiger partial charge on any atom is 0.184 e. The number of nitrogens with zero attached hydrogens (tertiary/aromatic N) is 4. The Morgan fingerprint density at radius 2 is 2.12 bits per heavy atom. The minimum atomic E-state index is -0.0494. The van der Waals surface area contributed by atoms with Crippen LogP contribution in [0.15, 0.2) is 12.4 Å². The van der Waals surface area contributed by atoms with Gasteiger partial charge in [-0.15, -0.1) is 0 Å². The van der Waals surface area contributed by atoms with Crippen molar-refractivity contribution in [1.29, 1.82) is 0 Å². The second kappa shape index (κ2) is 4.98. The molecule has 1 unspecified atom stereocenters. The summed E-state index contributed by atoms with van der Waals surface area (Å²) >= 11 is 0. The molecule has 1 aliphatic rings. The molecule has 5 heteroatoms. The van der Waals surface area contributed by atoms with Gasteiger partial charge in [-0.25, -0.2) is 0 Å². The largest absolute Gasteiger partial charge is 0.304 e. The van der Waals surface area contributed by atoms with Crippen molar-refractivity contribution in [3.63, 3.8) is 0 Å². The standard InChI is InChI=1S/C12H20N4O/c1-14-5-4-6-15(2)11(9-14)12(17)10-7-13-16(3)8-10/h7-8,11H,4-6,9H2,1-3H3. The van der Waals surface area contributed by atoms with Crippen molar-refractivity contribution >= 4 is 5.78 Å². The van der Waals surface area contributed by atoms with E-state index in [9.17, 15) is 4.79 Å². The Bertz CT molecular complexity index is 401. The van der Waals surface area contributed by atoms with Gasteiger partial charge >= 0.3 is 0 Å².